The van der Waals surface area contributed by atoms with Crippen LogP contribution < -0.4 is 10.2 Å². The van der Waals surface area contributed by atoms with E-state index >= 15 is 0 Å². The number of hydrogen-bond donors (Lipinski definition) is 1. The molecule has 4 amide bonds. The van der Waals surface area contributed by atoms with Gasteiger partial charge in [0, 0.05) is 23.4 Å². The fourth-order valence-corrected chi connectivity index (χ4v) is 4.97. The van der Waals surface area contributed by atoms with Crippen molar-refractivity contribution in [2.24, 2.45) is 0 Å². The SMILES string of the molecule is O=C1NC(=O)N(c2ccccc2)C(=O)/C1=C/c1cc(-c2ccccc2)n(-c2ccc([N+](=O)[O-])cc2)c1-c1ccccc1. The molecule has 0 spiro atoms. The zero-order valence-electron chi connectivity index (χ0n) is 22.0. The second-order valence-electron chi connectivity index (χ2n) is 9.47. The van der Waals surface area contributed by atoms with Crippen LogP contribution in [0.2, 0.25) is 0 Å². The van der Waals surface area contributed by atoms with Gasteiger partial charge in [0.25, 0.3) is 17.5 Å². The summed E-state index contributed by atoms with van der Waals surface area (Å²) in [7, 11) is 0. The van der Waals surface area contributed by atoms with Crippen LogP contribution in [0.5, 0.6) is 0 Å². The van der Waals surface area contributed by atoms with E-state index < -0.39 is 22.8 Å². The first-order valence-electron chi connectivity index (χ1n) is 13.0. The Bertz CT molecular complexity index is 1860. The molecule has 0 aliphatic carbocycles. The highest BCUT2D eigenvalue weighted by molar-refractivity contribution is 6.39. The van der Waals surface area contributed by atoms with Crippen LogP contribution in [0.4, 0.5) is 16.2 Å². The van der Waals surface area contributed by atoms with E-state index in [1.165, 1.54) is 18.2 Å². The molecule has 0 atom stereocenters. The van der Waals surface area contributed by atoms with Gasteiger partial charge in [-0.05, 0) is 47.5 Å². The number of anilines is 1. The number of nitrogens with zero attached hydrogens (tertiary/aromatic N) is 3. The van der Waals surface area contributed by atoms with E-state index in [1.807, 2.05) is 71.3 Å². The molecule has 1 aromatic heterocycles. The molecule has 42 heavy (non-hydrogen) atoms. The maximum Gasteiger partial charge on any atom is 0.335 e. The fourth-order valence-electron chi connectivity index (χ4n) is 4.97. The molecule has 9 heteroatoms. The number of aromatic nitrogens is 1. The lowest BCUT2D eigenvalue weighted by atomic mass is 10.0. The quantitative estimate of drug-likeness (QED) is 0.113. The number of rotatable bonds is 6. The molecule has 204 valence electrons. The molecule has 0 bridgehead atoms. The molecule has 5 aromatic rings. The Kier molecular flexibility index (Phi) is 6.74. The van der Waals surface area contributed by atoms with Crippen LogP contribution in [0, 0.1) is 10.1 Å². The number of non-ortho nitro benzene ring substituents is 1. The van der Waals surface area contributed by atoms with Crippen LogP contribution in [0.3, 0.4) is 0 Å². The summed E-state index contributed by atoms with van der Waals surface area (Å²) in [6.45, 7) is 0. The largest absolute Gasteiger partial charge is 0.335 e. The predicted octanol–water partition coefficient (Wildman–Crippen LogP) is 6.39. The zero-order valence-corrected chi connectivity index (χ0v) is 22.0. The van der Waals surface area contributed by atoms with Crippen LogP contribution in [0.25, 0.3) is 34.3 Å². The minimum Gasteiger partial charge on any atom is -0.309 e. The van der Waals surface area contributed by atoms with Gasteiger partial charge in [-0.15, -0.1) is 0 Å². The van der Waals surface area contributed by atoms with E-state index in [9.17, 15) is 24.5 Å². The van der Waals surface area contributed by atoms with Crippen molar-refractivity contribution in [3.05, 3.63) is 143 Å². The van der Waals surface area contributed by atoms with E-state index in [4.69, 9.17) is 0 Å². The molecule has 1 fully saturated rings. The van der Waals surface area contributed by atoms with Crippen LogP contribution >= 0.6 is 0 Å². The average Bonchev–Trinajstić information content (AvgIpc) is 3.40. The van der Waals surface area contributed by atoms with Crippen molar-refractivity contribution in [3.8, 4) is 28.2 Å². The smallest absolute Gasteiger partial charge is 0.309 e. The van der Waals surface area contributed by atoms with Crippen molar-refractivity contribution in [3.63, 3.8) is 0 Å². The number of barbiturate groups is 1. The maximum atomic E-state index is 13.6. The summed E-state index contributed by atoms with van der Waals surface area (Å²) in [4.78, 5) is 51.2. The molecule has 2 heterocycles. The summed E-state index contributed by atoms with van der Waals surface area (Å²) in [6.07, 6.45) is 1.48. The van der Waals surface area contributed by atoms with Gasteiger partial charge in [-0.2, -0.15) is 0 Å². The highest BCUT2D eigenvalue weighted by Crippen LogP contribution is 2.38. The second-order valence-corrected chi connectivity index (χ2v) is 9.47. The fraction of sp³-hybridized carbons (Fsp3) is 0. The average molecular weight is 555 g/mol. The van der Waals surface area contributed by atoms with Gasteiger partial charge >= 0.3 is 6.03 Å². The molecule has 6 rings (SSSR count). The first-order chi connectivity index (χ1) is 20.4. The Morgan fingerprint density at radius 3 is 1.86 bits per heavy atom. The minimum atomic E-state index is -0.829. The van der Waals surface area contributed by atoms with Crippen molar-refractivity contribution in [2.75, 3.05) is 4.90 Å². The normalized spacial score (nSPS) is 14.2. The first-order valence-corrected chi connectivity index (χ1v) is 13.0. The Hall–Kier alpha value is -6.09. The number of nitro benzene ring substituents is 1. The first kappa shape index (κ1) is 26.1. The highest BCUT2D eigenvalue weighted by Gasteiger charge is 2.37. The molecule has 1 aliphatic heterocycles. The second kappa shape index (κ2) is 10.8. The number of nitrogens with one attached hydrogen (secondary N) is 1. The van der Waals surface area contributed by atoms with Gasteiger partial charge in [0.15, 0.2) is 0 Å². The van der Waals surface area contributed by atoms with Crippen LogP contribution in [0.1, 0.15) is 5.56 Å². The number of urea groups is 1. The number of nitro groups is 1. The van der Waals surface area contributed by atoms with Gasteiger partial charge in [-0.3, -0.25) is 25.0 Å². The zero-order chi connectivity index (χ0) is 29.2. The third-order valence-electron chi connectivity index (χ3n) is 6.88. The van der Waals surface area contributed by atoms with Gasteiger partial charge in [0.05, 0.1) is 22.0 Å². The molecule has 1 N–H and O–H groups in total. The lowest BCUT2D eigenvalue weighted by Gasteiger charge is -2.26. The Morgan fingerprint density at radius 1 is 0.690 bits per heavy atom. The van der Waals surface area contributed by atoms with Gasteiger partial charge in [-0.25, -0.2) is 9.69 Å². The lowest BCUT2D eigenvalue weighted by Crippen LogP contribution is -2.54. The molecular formula is C33H22N4O5. The van der Waals surface area contributed by atoms with E-state index in [1.54, 1.807) is 42.5 Å². The lowest BCUT2D eigenvalue weighted by molar-refractivity contribution is -0.384. The van der Waals surface area contributed by atoms with Crippen molar-refractivity contribution >= 4 is 35.3 Å². The number of para-hydroxylation sites is 1. The van der Waals surface area contributed by atoms with Gasteiger partial charge in [0.2, 0.25) is 0 Å². The number of imide groups is 2. The van der Waals surface area contributed by atoms with Crippen LogP contribution in [0.15, 0.2) is 127 Å². The standard InChI is InChI=1S/C33H22N4O5/c38-31-28(32(39)36(33(40)34-31)25-14-8-3-9-15-25)20-24-21-29(22-10-4-1-5-11-22)35(30(24)23-12-6-2-7-13-23)26-16-18-27(19-17-26)37(41)42/h1-21H,(H,34,38,40)/b28-20+. The molecule has 1 saturated heterocycles. The van der Waals surface area contributed by atoms with Crippen molar-refractivity contribution in [1.29, 1.82) is 0 Å². The molecule has 1 aliphatic rings. The number of benzene rings is 4. The monoisotopic (exact) mass is 554 g/mol. The highest BCUT2D eigenvalue weighted by atomic mass is 16.6. The molecule has 0 saturated carbocycles. The summed E-state index contributed by atoms with van der Waals surface area (Å²) in [5.74, 6) is -1.56. The molecule has 9 nitrogen and oxygen atoms in total. The number of carbonyl (C=O) groups excluding carboxylic acids is 3. The molecular weight excluding hydrogens is 532 g/mol. The summed E-state index contributed by atoms with van der Waals surface area (Å²) in [6, 6.07) is 34.5. The summed E-state index contributed by atoms with van der Waals surface area (Å²) in [5.41, 5.74) is 4.26. The summed E-state index contributed by atoms with van der Waals surface area (Å²) < 4.78 is 1.94. The topological polar surface area (TPSA) is 115 Å². The van der Waals surface area contributed by atoms with Gasteiger partial charge < -0.3 is 4.57 Å². The van der Waals surface area contributed by atoms with E-state index in [0.717, 1.165) is 21.7 Å². The third kappa shape index (κ3) is 4.75. The number of carbonyl (C=O) groups is 3. The van der Waals surface area contributed by atoms with Crippen molar-refractivity contribution in [1.82, 2.24) is 9.88 Å². The molecule has 0 radical (unpaired) electrons. The summed E-state index contributed by atoms with van der Waals surface area (Å²) in [5, 5.41) is 13.6. The van der Waals surface area contributed by atoms with Crippen LogP contribution in [-0.2, 0) is 9.59 Å². The third-order valence-corrected chi connectivity index (χ3v) is 6.88. The predicted molar refractivity (Wildman–Crippen MR) is 159 cm³/mol. The molecule has 0 unspecified atom stereocenters. The molecule has 4 aromatic carbocycles. The number of amides is 4. The maximum absolute atomic E-state index is 13.6. The Morgan fingerprint density at radius 2 is 1.26 bits per heavy atom. The van der Waals surface area contributed by atoms with E-state index in [0.29, 0.717) is 22.6 Å². The van der Waals surface area contributed by atoms with Crippen molar-refractivity contribution in [2.45, 2.75) is 0 Å². The minimum absolute atomic E-state index is 0.0501. The van der Waals surface area contributed by atoms with Crippen molar-refractivity contribution < 1.29 is 19.3 Å². The van der Waals surface area contributed by atoms with E-state index in [-0.39, 0.29) is 11.3 Å². The van der Waals surface area contributed by atoms with Gasteiger partial charge in [0.1, 0.15) is 5.57 Å². The van der Waals surface area contributed by atoms with Crippen LogP contribution in [-0.4, -0.2) is 27.3 Å². The Labute approximate surface area is 240 Å². The van der Waals surface area contributed by atoms with Gasteiger partial charge in [-0.1, -0.05) is 78.9 Å². The Balaban J connectivity index is 1.60. The summed E-state index contributed by atoms with van der Waals surface area (Å²) >= 11 is 0. The number of hydrogen-bond acceptors (Lipinski definition) is 5. The van der Waals surface area contributed by atoms with E-state index in [2.05, 4.69) is 5.32 Å².